The molecule has 1 aromatic carbocycles. The van der Waals surface area contributed by atoms with Gasteiger partial charge in [-0.25, -0.2) is 20.0 Å². The molecule has 3 aliphatic rings. The molecule has 0 amide bonds. The summed E-state index contributed by atoms with van der Waals surface area (Å²) in [5.41, 5.74) is 5.69. The fourth-order valence-electron chi connectivity index (χ4n) is 5.23. The average molecular weight is 552 g/mol. The number of benzene rings is 1. The fraction of sp³-hybridized carbons (Fsp3) is 0.375. The van der Waals surface area contributed by atoms with E-state index >= 15 is 0 Å². The summed E-state index contributed by atoms with van der Waals surface area (Å²) < 4.78 is 12.4. The second-order valence-corrected chi connectivity index (χ2v) is 11.2. The fourth-order valence-corrected chi connectivity index (χ4v) is 5.23. The van der Waals surface area contributed by atoms with Gasteiger partial charge in [0.05, 0.1) is 17.8 Å². The molecule has 41 heavy (non-hydrogen) atoms. The third-order valence-corrected chi connectivity index (χ3v) is 7.77. The number of hydrogen-bond donors (Lipinski definition) is 1. The Balaban J connectivity index is 1.25. The molecule has 0 radical (unpaired) electrons. The predicted octanol–water partition coefficient (Wildman–Crippen LogP) is 6.71. The van der Waals surface area contributed by atoms with Crippen LogP contribution in [0.2, 0.25) is 0 Å². The van der Waals surface area contributed by atoms with Crippen molar-refractivity contribution in [3.63, 3.8) is 0 Å². The largest absolute Gasteiger partial charge is 0.489 e. The summed E-state index contributed by atoms with van der Waals surface area (Å²) in [5, 5.41) is 9.85. The Morgan fingerprint density at radius 2 is 2.02 bits per heavy atom. The molecule has 0 spiro atoms. The summed E-state index contributed by atoms with van der Waals surface area (Å²) in [4.78, 5) is 16.5. The van der Waals surface area contributed by atoms with Crippen molar-refractivity contribution in [3.05, 3.63) is 71.5 Å². The van der Waals surface area contributed by atoms with E-state index in [0.717, 1.165) is 77.0 Å². The zero-order valence-corrected chi connectivity index (χ0v) is 24.4. The normalized spacial score (nSPS) is 19.9. The van der Waals surface area contributed by atoms with Crippen LogP contribution in [0.5, 0.6) is 11.5 Å². The van der Waals surface area contributed by atoms with Gasteiger partial charge >= 0.3 is 0 Å². The zero-order valence-electron chi connectivity index (χ0n) is 24.4. The average Bonchev–Trinajstić information content (AvgIpc) is 3.12. The van der Waals surface area contributed by atoms with Gasteiger partial charge in [-0.3, -0.25) is 0 Å². The van der Waals surface area contributed by atoms with Crippen LogP contribution in [-0.2, 0) is 0 Å². The quantitative estimate of drug-likeness (QED) is 0.347. The molecule has 0 fully saturated rings. The Morgan fingerprint density at radius 1 is 1.15 bits per heavy atom. The summed E-state index contributed by atoms with van der Waals surface area (Å²) in [5.74, 6) is 4.59. The molecule has 0 bridgehead atoms. The van der Waals surface area contributed by atoms with Gasteiger partial charge in [0.2, 0.25) is 0 Å². The lowest BCUT2D eigenvalue weighted by atomic mass is 9.99. The Morgan fingerprint density at radius 3 is 2.85 bits per heavy atom. The van der Waals surface area contributed by atoms with Crippen LogP contribution in [0.4, 0.5) is 17.3 Å². The third-order valence-electron chi connectivity index (χ3n) is 7.77. The predicted molar refractivity (Wildman–Crippen MR) is 164 cm³/mol. The Hall–Kier alpha value is -4.40. The number of ether oxygens (including phenoxy) is 2. The maximum absolute atomic E-state index is 6.30. The van der Waals surface area contributed by atoms with E-state index in [2.05, 4.69) is 59.0 Å². The summed E-state index contributed by atoms with van der Waals surface area (Å²) in [6.07, 6.45) is 11.7. The minimum atomic E-state index is 0.301. The molecule has 9 nitrogen and oxygen atoms in total. The lowest BCUT2D eigenvalue weighted by Crippen LogP contribution is -2.30. The van der Waals surface area contributed by atoms with E-state index in [1.165, 1.54) is 5.57 Å². The first-order chi connectivity index (χ1) is 19.9. The minimum absolute atomic E-state index is 0.301. The van der Waals surface area contributed by atoms with Gasteiger partial charge in [-0.15, -0.1) is 0 Å². The number of hydrogen-bond acceptors (Lipinski definition) is 9. The molecule has 3 aliphatic heterocycles. The summed E-state index contributed by atoms with van der Waals surface area (Å²) in [6, 6.07) is 8.02. The van der Waals surface area contributed by atoms with Gasteiger partial charge < -0.3 is 19.7 Å². The molecule has 2 unspecified atom stereocenters. The van der Waals surface area contributed by atoms with Crippen molar-refractivity contribution in [1.29, 1.82) is 0 Å². The Bertz CT molecular complexity index is 1590. The first-order valence-electron chi connectivity index (χ1n) is 14.4. The Labute approximate surface area is 241 Å². The van der Waals surface area contributed by atoms with Gasteiger partial charge in [0.25, 0.3) is 0 Å². The van der Waals surface area contributed by atoms with E-state index in [1.54, 1.807) is 6.33 Å². The maximum atomic E-state index is 6.30. The second kappa shape index (κ2) is 11.2. The van der Waals surface area contributed by atoms with Gasteiger partial charge in [-0.1, -0.05) is 27.2 Å². The molecule has 3 aromatic rings. The molecule has 1 N–H and O–H groups in total. The lowest BCUT2D eigenvalue weighted by Gasteiger charge is -2.28. The van der Waals surface area contributed by atoms with Crippen molar-refractivity contribution < 1.29 is 9.47 Å². The third kappa shape index (κ3) is 5.49. The number of nitrogens with zero attached hydrogens (tertiary/aromatic N) is 6. The van der Waals surface area contributed by atoms with Crippen LogP contribution in [0.15, 0.2) is 71.1 Å². The van der Waals surface area contributed by atoms with Gasteiger partial charge in [0.1, 0.15) is 23.4 Å². The van der Waals surface area contributed by atoms with E-state index in [1.807, 2.05) is 54.7 Å². The van der Waals surface area contributed by atoms with Crippen molar-refractivity contribution >= 4 is 34.6 Å². The number of rotatable bonds is 7. The van der Waals surface area contributed by atoms with E-state index in [-0.39, 0.29) is 0 Å². The van der Waals surface area contributed by atoms with Gasteiger partial charge in [0.15, 0.2) is 17.4 Å². The van der Waals surface area contributed by atoms with Gasteiger partial charge in [-0.05, 0) is 55.7 Å². The maximum Gasteiger partial charge on any atom is 0.172 e. The number of nitrogens with one attached hydrogen (secondary N) is 1. The molecular formula is C32H37N7O2. The number of unbranched alkanes of at least 4 members (excludes halogenated alkanes) is 1. The van der Waals surface area contributed by atoms with Gasteiger partial charge in [-0.2, -0.15) is 5.10 Å². The van der Waals surface area contributed by atoms with Crippen molar-refractivity contribution in [2.24, 2.45) is 16.9 Å². The topological polar surface area (TPSA) is 88.0 Å². The van der Waals surface area contributed by atoms with Crippen LogP contribution in [0, 0.1) is 18.8 Å². The Kier molecular flexibility index (Phi) is 7.34. The highest BCUT2D eigenvalue weighted by atomic mass is 16.5. The first kappa shape index (κ1) is 26.8. The van der Waals surface area contributed by atoms with E-state index < -0.39 is 0 Å². The second-order valence-electron chi connectivity index (χ2n) is 11.2. The molecule has 0 saturated heterocycles. The van der Waals surface area contributed by atoms with Crippen LogP contribution in [0.1, 0.15) is 46.1 Å². The highest BCUT2D eigenvalue weighted by Crippen LogP contribution is 2.36. The molecule has 2 aromatic heterocycles. The van der Waals surface area contributed by atoms with Crippen molar-refractivity contribution in [2.75, 3.05) is 29.9 Å². The highest BCUT2D eigenvalue weighted by Gasteiger charge is 2.24. The number of anilines is 3. The van der Waals surface area contributed by atoms with Crippen LogP contribution >= 0.6 is 0 Å². The molecule has 0 aliphatic carbocycles. The van der Waals surface area contributed by atoms with Gasteiger partial charge in [0, 0.05) is 55.2 Å². The molecular weight excluding hydrogens is 514 g/mol. The smallest absolute Gasteiger partial charge is 0.172 e. The lowest BCUT2D eigenvalue weighted by molar-refractivity contribution is 0.273. The van der Waals surface area contributed by atoms with E-state index in [0.29, 0.717) is 24.3 Å². The molecule has 212 valence electrons. The molecule has 2 atom stereocenters. The van der Waals surface area contributed by atoms with Crippen LogP contribution < -0.4 is 19.7 Å². The molecule has 6 rings (SSSR count). The first-order valence-corrected chi connectivity index (χ1v) is 14.4. The van der Waals surface area contributed by atoms with Crippen molar-refractivity contribution in [1.82, 2.24) is 20.0 Å². The molecule has 9 heteroatoms. The van der Waals surface area contributed by atoms with Crippen LogP contribution in [0.3, 0.4) is 0 Å². The summed E-state index contributed by atoms with van der Waals surface area (Å²) >= 11 is 0. The number of allylic oxidation sites excluding steroid dienone is 3. The standard InChI is InChI=1S/C32H37N7O2/c1-6-7-11-38-17-20(2)18-40-29-15-26-30(37-32(29)38)31(34-19-33-26)36-24-8-9-28(21(3)13-24)41-25-10-12-39-27(14-25)23(5)22(4)16-35-39/h8-10,12-16,19-20,22H,6-7,11,17-18H2,1-5H3,(H,33,34,36). The van der Waals surface area contributed by atoms with E-state index in [9.17, 15) is 0 Å². The number of aromatic nitrogens is 3. The number of hydrazone groups is 1. The monoisotopic (exact) mass is 551 g/mol. The summed E-state index contributed by atoms with van der Waals surface area (Å²) in [6.45, 7) is 13.3. The zero-order chi connectivity index (χ0) is 28.5. The minimum Gasteiger partial charge on any atom is -0.489 e. The number of pyridine rings is 1. The summed E-state index contributed by atoms with van der Waals surface area (Å²) in [7, 11) is 0. The SMILES string of the molecule is CCCCN1CC(C)COc2cc3ncnc(Nc4ccc(OC5=CC6=C(C)C(C)C=NN6C=C5)c(C)c4)c3nc21. The van der Waals surface area contributed by atoms with Crippen molar-refractivity contribution in [2.45, 2.75) is 47.5 Å². The van der Waals surface area contributed by atoms with Crippen molar-refractivity contribution in [3.8, 4) is 11.5 Å². The molecule has 5 heterocycles. The molecule has 0 saturated carbocycles. The van der Waals surface area contributed by atoms with Crippen LogP contribution in [0.25, 0.3) is 11.0 Å². The van der Waals surface area contributed by atoms with Crippen LogP contribution in [-0.4, -0.2) is 45.9 Å². The van der Waals surface area contributed by atoms with E-state index in [4.69, 9.17) is 14.5 Å². The highest BCUT2D eigenvalue weighted by molar-refractivity contribution is 5.90. The number of fused-ring (bicyclic) bond motifs is 3. The number of aryl methyl sites for hydroxylation is 1.